The van der Waals surface area contributed by atoms with Gasteiger partial charge in [0.15, 0.2) is 17.3 Å². The van der Waals surface area contributed by atoms with Crippen molar-refractivity contribution in [3.05, 3.63) is 22.7 Å². The van der Waals surface area contributed by atoms with E-state index in [-0.39, 0.29) is 10.6 Å². The fraction of sp³-hybridized carbons (Fsp3) is 0.417. The van der Waals surface area contributed by atoms with E-state index in [1.165, 1.54) is 0 Å². The van der Waals surface area contributed by atoms with Crippen LogP contribution in [0.15, 0.2) is 12.1 Å². The second-order valence-corrected chi connectivity index (χ2v) is 5.59. The van der Waals surface area contributed by atoms with Gasteiger partial charge >= 0.3 is 0 Å². The Morgan fingerprint density at radius 3 is 2.53 bits per heavy atom. The lowest BCUT2D eigenvalue weighted by molar-refractivity contribution is 0.0995. The highest BCUT2D eigenvalue weighted by Crippen LogP contribution is 2.35. The lowest BCUT2D eigenvalue weighted by Gasteiger charge is -2.11. The zero-order valence-corrected chi connectivity index (χ0v) is 11.7. The molecular formula is C12H12BrClO3. The van der Waals surface area contributed by atoms with Gasteiger partial charge in [0, 0.05) is 18.1 Å². The van der Waals surface area contributed by atoms with Crippen LogP contribution in [-0.2, 0) is 0 Å². The van der Waals surface area contributed by atoms with Crippen LogP contribution < -0.4 is 9.47 Å². The van der Waals surface area contributed by atoms with Crippen molar-refractivity contribution in [1.29, 1.82) is 0 Å². The molecule has 0 aromatic heterocycles. The maximum Gasteiger partial charge on any atom is 0.177 e. The zero-order valence-electron chi connectivity index (χ0n) is 9.33. The monoisotopic (exact) mass is 318 g/mol. The van der Waals surface area contributed by atoms with Crippen LogP contribution in [0.3, 0.4) is 0 Å². The standard InChI is InChI=1S/C12H12BrClO3/c1-7(13)12(15)8-5-10-11(6-9(8)14)17-4-2-3-16-10/h5-7H,2-4H2,1H3. The van der Waals surface area contributed by atoms with E-state index in [2.05, 4.69) is 15.9 Å². The van der Waals surface area contributed by atoms with Crippen LogP contribution in [-0.4, -0.2) is 23.8 Å². The van der Waals surface area contributed by atoms with Crippen LogP contribution in [0.2, 0.25) is 5.02 Å². The van der Waals surface area contributed by atoms with Gasteiger partial charge in [-0.25, -0.2) is 0 Å². The average Bonchev–Trinajstić information content (AvgIpc) is 2.51. The van der Waals surface area contributed by atoms with Crippen molar-refractivity contribution < 1.29 is 14.3 Å². The number of fused-ring (bicyclic) bond motifs is 1. The molecule has 17 heavy (non-hydrogen) atoms. The van der Waals surface area contributed by atoms with Gasteiger partial charge in [-0.15, -0.1) is 0 Å². The summed E-state index contributed by atoms with van der Waals surface area (Å²) in [5, 5.41) is 0.394. The van der Waals surface area contributed by atoms with Gasteiger partial charge in [0.05, 0.1) is 23.1 Å². The number of carbonyl (C=O) groups excluding carboxylic acids is 1. The molecule has 1 unspecified atom stereocenters. The molecule has 0 aliphatic carbocycles. The largest absolute Gasteiger partial charge is 0.490 e. The van der Waals surface area contributed by atoms with Crippen molar-refractivity contribution in [2.24, 2.45) is 0 Å². The van der Waals surface area contributed by atoms with Gasteiger partial charge in [-0.05, 0) is 13.0 Å². The minimum Gasteiger partial charge on any atom is -0.490 e. The summed E-state index contributed by atoms with van der Waals surface area (Å²) in [5.74, 6) is 1.13. The molecule has 1 atom stereocenters. The van der Waals surface area contributed by atoms with Gasteiger partial charge in [-0.2, -0.15) is 0 Å². The van der Waals surface area contributed by atoms with Crippen LogP contribution in [0.25, 0.3) is 0 Å². The number of halogens is 2. The molecule has 5 heteroatoms. The predicted octanol–water partition coefficient (Wildman–Crippen LogP) is 3.47. The van der Waals surface area contributed by atoms with E-state index >= 15 is 0 Å². The zero-order chi connectivity index (χ0) is 12.4. The number of benzene rings is 1. The minimum absolute atomic E-state index is 0.0642. The lowest BCUT2D eigenvalue weighted by atomic mass is 10.1. The van der Waals surface area contributed by atoms with E-state index in [4.69, 9.17) is 21.1 Å². The minimum atomic E-state index is -0.273. The van der Waals surface area contributed by atoms with E-state index in [0.717, 1.165) is 6.42 Å². The Balaban J connectivity index is 2.42. The van der Waals surface area contributed by atoms with Gasteiger partial charge < -0.3 is 9.47 Å². The first-order valence-corrected chi connectivity index (χ1v) is 6.66. The third-order valence-electron chi connectivity index (χ3n) is 2.46. The number of alkyl halides is 1. The summed E-state index contributed by atoms with van der Waals surface area (Å²) < 4.78 is 11.0. The van der Waals surface area contributed by atoms with Crippen molar-refractivity contribution in [3.63, 3.8) is 0 Å². The Morgan fingerprint density at radius 1 is 1.35 bits per heavy atom. The normalized spacial score (nSPS) is 16.2. The van der Waals surface area contributed by atoms with Crippen molar-refractivity contribution >= 4 is 33.3 Å². The number of Topliss-reactive ketones (excluding diaryl/α,β-unsaturated/α-hetero) is 1. The van der Waals surface area contributed by atoms with E-state index in [0.29, 0.717) is 35.3 Å². The fourth-order valence-corrected chi connectivity index (χ4v) is 2.08. The lowest BCUT2D eigenvalue weighted by Crippen LogP contribution is -2.11. The molecule has 0 saturated heterocycles. The molecule has 1 aliphatic heterocycles. The first-order chi connectivity index (χ1) is 8.09. The van der Waals surface area contributed by atoms with Crippen molar-refractivity contribution in [3.8, 4) is 11.5 Å². The quantitative estimate of drug-likeness (QED) is 0.618. The summed E-state index contributed by atoms with van der Waals surface area (Å²) in [6.07, 6.45) is 0.824. The molecule has 0 fully saturated rings. The molecule has 0 amide bonds. The maximum atomic E-state index is 11.9. The molecule has 0 bridgehead atoms. The number of carbonyl (C=O) groups is 1. The van der Waals surface area contributed by atoms with Gasteiger partial charge in [0.25, 0.3) is 0 Å². The molecule has 2 rings (SSSR count). The third kappa shape index (κ3) is 2.75. The van der Waals surface area contributed by atoms with Gasteiger partial charge in [0.1, 0.15) is 0 Å². The highest BCUT2D eigenvalue weighted by molar-refractivity contribution is 9.10. The smallest absolute Gasteiger partial charge is 0.177 e. The molecule has 0 N–H and O–H groups in total. The van der Waals surface area contributed by atoms with Crippen LogP contribution in [0, 0.1) is 0 Å². The Morgan fingerprint density at radius 2 is 1.94 bits per heavy atom. The molecular weight excluding hydrogens is 307 g/mol. The molecule has 1 heterocycles. The Kier molecular flexibility index (Phi) is 3.94. The Bertz CT molecular complexity index is 446. The van der Waals surface area contributed by atoms with Crippen molar-refractivity contribution in [2.75, 3.05) is 13.2 Å². The number of ether oxygens (including phenoxy) is 2. The number of hydrogen-bond donors (Lipinski definition) is 0. The Hall–Kier alpha value is -0.740. The van der Waals surface area contributed by atoms with E-state index in [1.807, 2.05) is 0 Å². The summed E-state index contributed by atoms with van der Waals surface area (Å²) in [6.45, 7) is 2.96. The highest BCUT2D eigenvalue weighted by atomic mass is 79.9. The average molecular weight is 320 g/mol. The summed E-state index contributed by atoms with van der Waals surface area (Å²) in [6, 6.07) is 3.30. The number of hydrogen-bond acceptors (Lipinski definition) is 3. The van der Waals surface area contributed by atoms with Crippen LogP contribution in [0.1, 0.15) is 23.7 Å². The number of ketones is 1. The second kappa shape index (κ2) is 5.27. The molecule has 1 aromatic carbocycles. The van der Waals surface area contributed by atoms with E-state index in [1.54, 1.807) is 19.1 Å². The number of rotatable bonds is 2. The third-order valence-corrected chi connectivity index (χ3v) is 3.19. The molecule has 1 aromatic rings. The summed E-state index contributed by atoms with van der Waals surface area (Å²) in [4.78, 5) is 11.6. The summed E-state index contributed by atoms with van der Waals surface area (Å²) in [7, 11) is 0. The van der Waals surface area contributed by atoms with Crippen molar-refractivity contribution in [2.45, 2.75) is 18.2 Å². The Labute approximate surface area is 113 Å². The van der Waals surface area contributed by atoms with E-state index in [9.17, 15) is 4.79 Å². The molecule has 0 radical (unpaired) electrons. The summed E-state index contributed by atoms with van der Waals surface area (Å²) in [5.41, 5.74) is 0.459. The highest BCUT2D eigenvalue weighted by Gasteiger charge is 2.20. The van der Waals surface area contributed by atoms with E-state index < -0.39 is 0 Å². The van der Waals surface area contributed by atoms with Crippen LogP contribution >= 0.6 is 27.5 Å². The topological polar surface area (TPSA) is 35.5 Å². The molecule has 0 spiro atoms. The second-order valence-electron chi connectivity index (χ2n) is 3.81. The van der Waals surface area contributed by atoms with Gasteiger partial charge in [-0.1, -0.05) is 27.5 Å². The van der Waals surface area contributed by atoms with Crippen LogP contribution in [0.5, 0.6) is 11.5 Å². The van der Waals surface area contributed by atoms with Gasteiger partial charge in [0.2, 0.25) is 0 Å². The first kappa shape index (κ1) is 12.7. The molecule has 0 saturated carbocycles. The fourth-order valence-electron chi connectivity index (χ4n) is 1.59. The summed E-state index contributed by atoms with van der Waals surface area (Å²) >= 11 is 9.32. The predicted molar refractivity (Wildman–Crippen MR) is 69.8 cm³/mol. The molecule has 92 valence electrons. The van der Waals surface area contributed by atoms with Gasteiger partial charge in [-0.3, -0.25) is 4.79 Å². The maximum absolute atomic E-state index is 11.9. The first-order valence-electron chi connectivity index (χ1n) is 5.37. The van der Waals surface area contributed by atoms with Crippen molar-refractivity contribution in [1.82, 2.24) is 0 Å². The molecule has 1 aliphatic rings. The SMILES string of the molecule is CC(Br)C(=O)c1cc2c(cc1Cl)OCCCO2. The molecule has 3 nitrogen and oxygen atoms in total. The van der Waals surface area contributed by atoms with Crippen LogP contribution in [0.4, 0.5) is 0 Å².